The van der Waals surface area contributed by atoms with Crippen molar-refractivity contribution in [3.63, 3.8) is 0 Å². The molecule has 0 saturated heterocycles. The van der Waals surface area contributed by atoms with E-state index >= 15 is 0 Å². The second-order valence-corrected chi connectivity index (χ2v) is 3.65. The molecule has 1 aromatic carbocycles. The number of carbonyl (C=O) groups is 1. The summed E-state index contributed by atoms with van der Waals surface area (Å²) in [6.45, 7) is 3.82. The van der Waals surface area contributed by atoms with Crippen LogP contribution >= 0.6 is 0 Å². The van der Waals surface area contributed by atoms with Crippen LogP contribution in [0.15, 0.2) is 42.5 Å². The third-order valence-electron chi connectivity index (χ3n) is 2.05. The third-order valence-corrected chi connectivity index (χ3v) is 2.05. The lowest BCUT2D eigenvalue weighted by atomic mass is 10.1. The van der Waals surface area contributed by atoms with Crippen molar-refractivity contribution >= 4 is 5.78 Å². The molecule has 1 rings (SSSR count). The molecule has 0 saturated carbocycles. The zero-order valence-corrected chi connectivity index (χ0v) is 8.73. The maximum absolute atomic E-state index is 11.2. The highest BCUT2D eigenvalue weighted by atomic mass is 16.1. The van der Waals surface area contributed by atoms with Gasteiger partial charge in [0, 0.05) is 5.92 Å². The van der Waals surface area contributed by atoms with Crippen LogP contribution in [-0.2, 0) is 11.2 Å². The van der Waals surface area contributed by atoms with E-state index in [2.05, 4.69) is 12.1 Å². The van der Waals surface area contributed by atoms with E-state index < -0.39 is 0 Å². The van der Waals surface area contributed by atoms with Crippen LogP contribution in [0.4, 0.5) is 0 Å². The average molecular weight is 188 g/mol. The fourth-order valence-corrected chi connectivity index (χ4v) is 1.12. The average Bonchev–Trinajstić information content (AvgIpc) is 2.19. The summed E-state index contributed by atoms with van der Waals surface area (Å²) in [7, 11) is 0. The molecule has 0 spiro atoms. The molecule has 0 amide bonds. The Morgan fingerprint density at radius 2 is 1.93 bits per heavy atom. The Bertz CT molecular complexity index is 309. The van der Waals surface area contributed by atoms with Crippen molar-refractivity contribution in [3.8, 4) is 0 Å². The first-order valence-electron chi connectivity index (χ1n) is 4.94. The van der Waals surface area contributed by atoms with E-state index in [4.69, 9.17) is 0 Å². The molecule has 1 heteroatoms. The van der Waals surface area contributed by atoms with Gasteiger partial charge in [-0.25, -0.2) is 0 Å². The monoisotopic (exact) mass is 188 g/mol. The van der Waals surface area contributed by atoms with Gasteiger partial charge in [0.15, 0.2) is 5.78 Å². The molecule has 0 bridgehead atoms. The summed E-state index contributed by atoms with van der Waals surface area (Å²) < 4.78 is 0. The van der Waals surface area contributed by atoms with E-state index in [0.29, 0.717) is 0 Å². The van der Waals surface area contributed by atoms with E-state index in [9.17, 15) is 4.79 Å². The predicted molar refractivity (Wildman–Crippen MR) is 59.1 cm³/mol. The standard InChI is InChI=1S/C13H16O/c1-11(2)13(14)10-6-9-12-7-4-3-5-8-12/h3-8,10-11H,9H2,1-2H3/b10-6+. The molecular formula is C13H16O. The largest absolute Gasteiger partial charge is 0.295 e. The molecule has 0 atom stereocenters. The van der Waals surface area contributed by atoms with E-state index in [-0.39, 0.29) is 11.7 Å². The minimum Gasteiger partial charge on any atom is -0.295 e. The van der Waals surface area contributed by atoms with Gasteiger partial charge < -0.3 is 0 Å². The zero-order chi connectivity index (χ0) is 10.4. The number of ketones is 1. The number of carbonyl (C=O) groups excluding carboxylic acids is 1. The lowest BCUT2D eigenvalue weighted by Gasteiger charge is -1.97. The summed E-state index contributed by atoms with van der Waals surface area (Å²) in [4.78, 5) is 11.2. The van der Waals surface area contributed by atoms with Crippen molar-refractivity contribution < 1.29 is 4.79 Å². The fourth-order valence-electron chi connectivity index (χ4n) is 1.12. The second kappa shape index (κ2) is 5.38. The van der Waals surface area contributed by atoms with Gasteiger partial charge in [-0.3, -0.25) is 4.79 Å². The van der Waals surface area contributed by atoms with Gasteiger partial charge in [0.25, 0.3) is 0 Å². The zero-order valence-electron chi connectivity index (χ0n) is 8.73. The highest BCUT2D eigenvalue weighted by Crippen LogP contribution is 2.01. The summed E-state index contributed by atoms with van der Waals surface area (Å²) in [6.07, 6.45) is 4.44. The van der Waals surface area contributed by atoms with Crippen LogP contribution in [0.2, 0.25) is 0 Å². The van der Waals surface area contributed by atoms with E-state index in [1.54, 1.807) is 6.08 Å². The quantitative estimate of drug-likeness (QED) is 0.664. The van der Waals surface area contributed by atoms with Crippen LogP contribution in [0.25, 0.3) is 0 Å². The molecule has 0 radical (unpaired) electrons. The molecule has 0 aliphatic heterocycles. The van der Waals surface area contributed by atoms with Crippen LogP contribution in [0.3, 0.4) is 0 Å². The predicted octanol–water partition coefficient (Wildman–Crippen LogP) is 3.01. The first-order valence-corrected chi connectivity index (χ1v) is 4.94. The van der Waals surface area contributed by atoms with Crippen LogP contribution < -0.4 is 0 Å². The molecule has 14 heavy (non-hydrogen) atoms. The number of allylic oxidation sites excluding steroid dienone is 2. The molecule has 0 aliphatic rings. The number of hydrogen-bond acceptors (Lipinski definition) is 1. The van der Waals surface area contributed by atoms with Crippen molar-refractivity contribution in [1.82, 2.24) is 0 Å². The van der Waals surface area contributed by atoms with Gasteiger partial charge >= 0.3 is 0 Å². The van der Waals surface area contributed by atoms with Gasteiger partial charge in [-0.1, -0.05) is 50.3 Å². The van der Waals surface area contributed by atoms with Crippen molar-refractivity contribution in [1.29, 1.82) is 0 Å². The maximum atomic E-state index is 11.2. The number of rotatable bonds is 4. The lowest BCUT2D eigenvalue weighted by molar-refractivity contribution is -0.117. The second-order valence-electron chi connectivity index (χ2n) is 3.65. The first-order chi connectivity index (χ1) is 6.70. The van der Waals surface area contributed by atoms with Crippen LogP contribution in [0.1, 0.15) is 19.4 Å². The smallest absolute Gasteiger partial charge is 0.157 e. The summed E-state index contributed by atoms with van der Waals surface area (Å²) >= 11 is 0. The van der Waals surface area contributed by atoms with Crippen molar-refractivity contribution in [3.05, 3.63) is 48.0 Å². The van der Waals surface area contributed by atoms with E-state index in [1.165, 1.54) is 5.56 Å². The molecule has 0 fully saturated rings. The van der Waals surface area contributed by atoms with Crippen LogP contribution in [0, 0.1) is 5.92 Å². The maximum Gasteiger partial charge on any atom is 0.157 e. The van der Waals surface area contributed by atoms with Gasteiger partial charge in [-0.2, -0.15) is 0 Å². The Balaban J connectivity index is 2.45. The highest BCUT2D eigenvalue weighted by molar-refractivity contribution is 5.91. The first kappa shape index (κ1) is 10.7. The van der Waals surface area contributed by atoms with Crippen molar-refractivity contribution in [2.45, 2.75) is 20.3 Å². The normalized spacial score (nSPS) is 11.1. The molecule has 74 valence electrons. The Morgan fingerprint density at radius 3 is 2.50 bits per heavy atom. The summed E-state index contributed by atoms with van der Waals surface area (Å²) in [5.74, 6) is 0.294. The third kappa shape index (κ3) is 3.56. The van der Waals surface area contributed by atoms with Crippen molar-refractivity contribution in [2.24, 2.45) is 5.92 Å². The summed E-state index contributed by atoms with van der Waals surface area (Å²) in [5, 5.41) is 0. The van der Waals surface area contributed by atoms with Gasteiger partial charge in [0.1, 0.15) is 0 Å². The van der Waals surface area contributed by atoms with Gasteiger partial charge in [-0.05, 0) is 18.1 Å². The summed E-state index contributed by atoms with van der Waals surface area (Å²) in [5.41, 5.74) is 1.24. The van der Waals surface area contributed by atoms with Gasteiger partial charge in [0.05, 0.1) is 0 Å². The minimum atomic E-state index is 0.0991. The number of hydrogen-bond donors (Lipinski definition) is 0. The van der Waals surface area contributed by atoms with Gasteiger partial charge in [0.2, 0.25) is 0 Å². The van der Waals surface area contributed by atoms with Crippen LogP contribution in [0.5, 0.6) is 0 Å². The molecule has 0 aromatic heterocycles. The van der Waals surface area contributed by atoms with Crippen LogP contribution in [-0.4, -0.2) is 5.78 Å². The van der Waals surface area contributed by atoms with Gasteiger partial charge in [-0.15, -0.1) is 0 Å². The molecule has 0 heterocycles. The number of benzene rings is 1. The lowest BCUT2D eigenvalue weighted by Crippen LogP contribution is -2.02. The Kier molecular flexibility index (Phi) is 4.11. The summed E-state index contributed by atoms with van der Waals surface area (Å²) in [6, 6.07) is 10.1. The molecule has 1 aromatic rings. The molecule has 0 unspecified atom stereocenters. The van der Waals surface area contributed by atoms with E-state index in [0.717, 1.165) is 6.42 Å². The molecule has 0 aliphatic carbocycles. The molecular weight excluding hydrogens is 172 g/mol. The Labute approximate surface area is 85.5 Å². The van der Waals surface area contributed by atoms with E-state index in [1.807, 2.05) is 38.1 Å². The molecule has 1 nitrogen and oxygen atoms in total. The topological polar surface area (TPSA) is 17.1 Å². The Morgan fingerprint density at radius 1 is 1.29 bits per heavy atom. The fraction of sp³-hybridized carbons (Fsp3) is 0.308. The van der Waals surface area contributed by atoms with Crippen molar-refractivity contribution in [2.75, 3.05) is 0 Å². The molecule has 0 N–H and O–H groups in total. The minimum absolute atomic E-state index is 0.0991. The SMILES string of the molecule is CC(C)C(=O)/C=C/Cc1ccccc1. The highest BCUT2D eigenvalue weighted by Gasteiger charge is 2.00. The Hall–Kier alpha value is -1.37.